The van der Waals surface area contributed by atoms with Gasteiger partial charge in [-0.15, -0.1) is 0 Å². The van der Waals surface area contributed by atoms with Crippen LogP contribution in [0.5, 0.6) is 0 Å². The quantitative estimate of drug-likeness (QED) is 0.668. The van der Waals surface area contributed by atoms with Crippen LogP contribution in [-0.4, -0.2) is 36.4 Å². The van der Waals surface area contributed by atoms with E-state index in [0.717, 1.165) is 0 Å². The van der Waals surface area contributed by atoms with E-state index >= 15 is 0 Å². The number of carbonyl (C=O) groups is 2. The van der Waals surface area contributed by atoms with Crippen molar-refractivity contribution in [2.45, 2.75) is 20.0 Å². The molecule has 0 spiro atoms. The summed E-state index contributed by atoms with van der Waals surface area (Å²) in [6, 6.07) is 3.25. The molecular formula is C13H15NO6. The van der Waals surface area contributed by atoms with Gasteiger partial charge in [0, 0.05) is 12.1 Å². The molecule has 0 aliphatic carbocycles. The molecule has 2 rings (SSSR count). The van der Waals surface area contributed by atoms with Crippen molar-refractivity contribution < 1.29 is 28.2 Å². The Morgan fingerprint density at radius 2 is 2.05 bits per heavy atom. The predicted molar refractivity (Wildman–Crippen MR) is 68.4 cm³/mol. The van der Waals surface area contributed by atoms with Crippen LogP contribution in [-0.2, 0) is 14.2 Å². The highest BCUT2D eigenvalue weighted by Crippen LogP contribution is 2.16. The van der Waals surface area contributed by atoms with Crippen molar-refractivity contribution in [3.05, 3.63) is 24.1 Å². The first kappa shape index (κ1) is 14.0. The summed E-state index contributed by atoms with van der Waals surface area (Å²) in [5, 5.41) is 0. The molecule has 1 N–H and O–H groups in total. The lowest BCUT2D eigenvalue weighted by atomic mass is 10.4. The average Bonchev–Trinajstić information content (AvgIpc) is 2.93. The lowest BCUT2D eigenvalue weighted by Gasteiger charge is -2.08. The van der Waals surface area contributed by atoms with Gasteiger partial charge in [0.15, 0.2) is 5.58 Å². The standard InChI is InChI=1S/C13H15NO6/c1-8(2)20-13(16)19-6-5-18-12(15)10-7-11-9(14-10)3-4-17-11/h3-4,7-8,14H,5-6H2,1-2H3. The highest BCUT2D eigenvalue weighted by molar-refractivity contribution is 5.93. The number of esters is 1. The lowest BCUT2D eigenvalue weighted by molar-refractivity contribution is 0.0127. The Bertz CT molecular complexity index is 568. The molecule has 7 nitrogen and oxygen atoms in total. The van der Waals surface area contributed by atoms with Crippen LogP contribution >= 0.6 is 0 Å². The maximum absolute atomic E-state index is 11.7. The summed E-state index contributed by atoms with van der Waals surface area (Å²) in [6.07, 6.45) is 0.484. The van der Waals surface area contributed by atoms with E-state index in [9.17, 15) is 9.59 Å². The third kappa shape index (κ3) is 3.53. The number of hydrogen-bond acceptors (Lipinski definition) is 6. The van der Waals surface area contributed by atoms with E-state index < -0.39 is 12.1 Å². The number of H-pyrrole nitrogens is 1. The van der Waals surface area contributed by atoms with Crippen LogP contribution in [0.25, 0.3) is 11.1 Å². The molecule has 2 heterocycles. The first-order valence-corrected chi connectivity index (χ1v) is 6.13. The molecule has 0 aliphatic rings. The van der Waals surface area contributed by atoms with Crippen molar-refractivity contribution in [3.63, 3.8) is 0 Å². The Morgan fingerprint density at radius 3 is 2.75 bits per heavy atom. The molecule has 0 fully saturated rings. The van der Waals surface area contributed by atoms with Crippen LogP contribution in [0.4, 0.5) is 4.79 Å². The van der Waals surface area contributed by atoms with Gasteiger partial charge in [-0.1, -0.05) is 0 Å². The van der Waals surface area contributed by atoms with Crippen molar-refractivity contribution in [2.24, 2.45) is 0 Å². The number of hydrogen-bond donors (Lipinski definition) is 1. The maximum Gasteiger partial charge on any atom is 0.508 e. The number of carbonyl (C=O) groups excluding carboxylic acids is 2. The molecule has 0 saturated carbocycles. The summed E-state index contributed by atoms with van der Waals surface area (Å²) in [6.45, 7) is 3.31. The molecule has 0 saturated heterocycles. The monoisotopic (exact) mass is 281 g/mol. The van der Waals surface area contributed by atoms with Crippen molar-refractivity contribution in [1.29, 1.82) is 0 Å². The molecule has 20 heavy (non-hydrogen) atoms. The molecule has 0 amide bonds. The van der Waals surface area contributed by atoms with Crippen LogP contribution in [0.3, 0.4) is 0 Å². The maximum atomic E-state index is 11.7. The second-order valence-electron chi connectivity index (χ2n) is 4.28. The van der Waals surface area contributed by atoms with Gasteiger partial charge in [-0.05, 0) is 13.8 Å². The number of nitrogens with one attached hydrogen (secondary N) is 1. The average molecular weight is 281 g/mol. The molecule has 0 atom stereocenters. The molecule has 0 aromatic carbocycles. The smallest absolute Gasteiger partial charge is 0.463 e. The molecule has 7 heteroatoms. The Hall–Kier alpha value is -2.44. The molecule has 0 aliphatic heterocycles. The summed E-state index contributed by atoms with van der Waals surface area (Å²) in [5.74, 6) is -0.544. The molecule has 108 valence electrons. The van der Waals surface area contributed by atoms with Crippen LogP contribution in [0.15, 0.2) is 22.8 Å². The predicted octanol–water partition coefficient (Wildman–Crippen LogP) is 2.48. The van der Waals surface area contributed by atoms with Crippen LogP contribution in [0.1, 0.15) is 24.3 Å². The first-order valence-electron chi connectivity index (χ1n) is 6.13. The van der Waals surface area contributed by atoms with Crippen LogP contribution in [0.2, 0.25) is 0 Å². The Labute approximate surface area is 114 Å². The number of furan rings is 1. The van der Waals surface area contributed by atoms with Crippen LogP contribution < -0.4 is 0 Å². The van der Waals surface area contributed by atoms with E-state index in [1.165, 1.54) is 6.26 Å². The van der Waals surface area contributed by atoms with Gasteiger partial charge in [-0.25, -0.2) is 9.59 Å². The van der Waals surface area contributed by atoms with Gasteiger partial charge in [0.2, 0.25) is 0 Å². The lowest BCUT2D eigenvalue weighted by Crippen LogP contribution is -2.17. The molecule has 0 bridgehead atoms. The SMILES string of the molecule is CC(C)OC(=O)OCCOC(=O)c1cc2occc2[nH]1. The number of aromatic amines is 1. The zero-order valence-electron chi connectivity index (χ0n) is 11.2. The van der Waals surface area contributed by atoms with E-state index in [4.69, 9.17) is 18.6 Å². The van der Waals surface area contributed by atoms with E-state index in [1.807, 2.05) is 0 Å². The summed E-state index contributed by atoms with van der Waals surface area (Å²) >= 11 is 0. The van der Waals surface area contributed by atoms with Crippen molar-refractivity contribution >= 4 is 23.2 Å². The fraction of sp³-hybridized carbons (Fsp3) is 0.385. The number of aromatic nitrogens is 1. The summed E-state index contributed by atoms with van der Waals surface area (Å²) in [5.41, 5.74) is 1.58. The van der Waals surface area contributed by atoms with Gasteiger partial charge >= 0.3 is 12.1 Å². The Morgan fingerprint density at radius 1 is 1.30 bits per heavy atom. The summed E-state index contributed by atoms with van der Waals surface area (Å²) < 4.78 is 19.5. The van der Waals surface area contributed by atoms with Gasteiger partial charge in [-0.3, -0.25) is 0 Å². The van der Waals surface area contributed by atoms with Gasteiger partial charge in [0.05, 0.1) is 17.9 Å². The Balaban J connectivity index is 1.73. The molecule has 0 radical (unpaired) electrons. The van der Waals surface area contributed by atoms with Gasteiger partial charge in [0.1, 0.15) is 18.9 Å². The summed E-state index contributed by atoms with van der Waals surface area (Å²) in [4.78, 5) is 25.6. The molecule has 2 aromatic heterocycles. The third-order valence-corrected chi connectivity index (χ3v) is 2.33. The number of ether oxygens (including phenoxy) is 3. The fourth-order valence-corrected chi connectivity index (χ4v) is 1.52. The van der Waals surface area contributed by atoms with Gasteiger partial charge in [-0.2, -0.15) is 0 Å². The van der Waals surface area contributed by atoms with Crippen molar-refractivity contribution in [2.75, 3.05) is 13.2 Å². The minimum Gasteiger partial charge on any atom is -0.463 e. The first-order chi connectivity index (χ1) is 9.56. The zero-order chi connectivity index (χ0) is 14.5. The van der Waals surface area contributed by atoms with E-state index in [1.54, 1.807) is 26.0 Å². The van der Waals surface area contributed by atoms with Gasteiger partial charge in [0.25, 0.3) is 0 Å². The normalized spacial score (nSPS) is 10.8. The molecular weight excluding hydrogens is 266 g/mol. The van der Waals surface area contributed by atoms with E-state index in [0.29, 0.717) is 11.1 Å². The number of rotatable bonds is 5. The van der Waals surface area contributed by atoms with E-state index in [2.05, 4.69) is 4.98 Å². The van der Waals surface area contributed by atoms with Crippen molar-refractivity contribution in [1.82, 2.24) is 4.98 Å². The second-order valence-corrected chi connectivity index (χ2v) is 4.28. The van der Waals surface area contributed by atoms with Crippen LogP contribution in [0, 0.1) is 0 Å². The van der Waals surface area contributed by atoms with Crippen molar-refractivity contribution in [3.8, 4) is 0 Å². The van der Waals surface area contributed by atoms with Gasteiger partial charge < -0.3 is 23.6 Å². The topological polar surface area (TPSA) is 90.8 Å². The second kappa shape index (κ2) is 6.14. The minimum atomic E-state index is -0.784. The minimum absolute atomic E-state index is 0.0492. The molecule has 2 aromatic rings. The Kier molecular flexibility index (Phi) is 4.29. The molecule has 0 unspecified atom stereocenters. The fourth-order valence-electron chi connectivity index (χ4n) is 1.52. The zero-order valence-corrected chi connectivity index (χ0v) is 11.2. The van der Waals surface area contributed by atoms with E-state index in [-0.39, 0.29) is 25.0 Å². The largest absolute Gasteiger partial charge is 0.508 e. The third-order valence-electron chi connectivity index (χ3n) is 2.33. The number of fused-ring (bicyclic) bond motifs is 1. The summed E-state index contributed by atoms with van der Waals surface area (Å²) in [7, 11) is 0. The highest BCUT2D eigenvalue weighted by atomic mass is 16.7. The highest BCUT2D eigenvalue weighted by Gasteiger charge is 2.13.